The van der Waals surface area contributed by atoms with Gasteiger partial charge < -0.3 is 4.57 Å². The number of para-hydroxylation sites is 2. The molecule has 0 spiro atoms. The van der Waals surface area contributed by atoms with Gasteiger partial charge in [-0.05, 0) is 25.0 Å². The van der Waals surface area contributed by atoms with Crippen LogP contribution in [0.3, 0.4) is 0 Å². The summed E-state index contributed by atoms with van der Waals surface area (Å²) >= 11 is 0. The Kier molecular flexibility index (Phi) is 5.33. The second-order valence-corrected chi connectivity index (χ2v) is 5.43. The highest BCUT2D eigenvalue weighted by Gasteiger charge is 2.07. The Balaban J connectivity index is 2.03. The molecule has 0 bridgehead atoms. The maximum absolute atomic E-state index is 12.2. The zero-order valence-corrected chi connectivity index (χ0v) is 12.6. The maximum Gasteiger partial charge on any atom is 0.272 e. The molecule has 0 unspecified atom stereocenters. The van der Waals surface area contributed by atoms with Crippen LogP contribution in [0.1, 0.15) is 51.1 Å². The topological polar surface area (TPSA) is 34.9 Å². The molecule has 108 valence electrons. The zero-order valence-electron chi connectivity index (χ0n) is 12.6. The van der Waals surface area contributed by atoms with Crippen molar-refractivity contribution < 1.29 is 0 Å². The first-order chi connectivity index (χ1) is 9.74. The first kappa shape index (κ1) is 14.8. The van der Waals surface area contributed by atoms with Crippen LogP contribution in [0.4, 0.5) is 0 Å². The highest BCUT2D eigenvalue weighted by molar-refractivity contribution is 5.74. The fourth-order valence-corrected chi connectivity index (χ4v) is 2.57. The number of rotatable bonds is 7. The van der Waals surface area contributed by atoms with Crippen LogP contribution in [0.5, 0.6) is 0 Å². The minimum Gasteiger partial charge on any atom is -0.308 e. The van der Waals surface area contributed by atoms with Crippen LogP contribution in [0, 0.1) is 0 Å². The van der Waals surface area contributed by atoms with Crippen molar-refractivity contribution in [3.8, 4) is 0 Å². The third kappa shape index (κ3) is 3.47. The average molecular weight is 272 g/mol. The van der Waals surface area contributed by atoms with Gasteiger partial charge in [-0.3, -0.25) is 4.79 Å². The van der Waals surface area contributed by atoms with Gasteiger partial charge >= 0.3 is 0 Å². The maximum atomic E-state index is 12.2. The lowest BCUT2D eigenvalue weighted by molar-refractivity contribution is 0.602. The lowest BCUT2D eigenvalue weighted by Crippen LogP contribution is -2.23. The number of aromatic nitrogens is 2. The van der Waals surface area contributed by atoms with Gasteiger partial charge in [-0.2, -0.15) is 0 Å². The molecule has 3 heteroatoms. The summed E-state index contributed by atoms with van der Waals surface area (Å²) in [6, 6.07) is 7.82. The zero-order chi connectivity index (χ0) is 14.4. The molecule has 1 aromatic carbocycles. The Morgan fingerprint density at radius 2 is 1.75 bits per heavy atom. The third-order valence-electron chi connectivity index (χ3n) is 3.82. The van der Waals surface area contributed by atoms with E-state index >= 15 is 0 Å². The van der Waals surface area contributed by atoms with Crippen LogP contribution < -0.4 is 5.56 Å². The number of fused-ring (bicyclic) bond motifs is 1. The Morgan fingerprint density at radius 3 is 2.55 bits per heavy atom. The van der Waals surface area contributed by atoms with Crippen LogP contribution in [0.25, 0.3) is 11.0 Å². The molecule has 0 amide bonds. The fraction of sp³-hybridized carbons (Fsp3) is 0.529. The molecule has 0 aliphatic heterocycles. The summed E-state index contributed by atoms with van der Waals surface area (Å²) in [7, 11) is 1.83. The van der Waals surface area contributed by atoms with E-state index in [4.69, 9.17) is 0 Å². The fourth-order valence-electron chi connectivity index (χ4n) is 2.57. The van der Waals surface area contributed by atoms with Crippen molar-refractivity contribution in [1.29, 1.82) is 0 Å². The minimum absolute atomic E-state index is 0.0530. The van der Waals surface area contributed by atoms with Crippen LogP contribution in [0.2, 0.25) is 0 Å². The molecule has 3 nitrogen and oxygen atoms in total. The van der Waals surface area contributed by atoms with Gasteiger partial charge in [0.25, 0.3) is 5.56 Å². The van der Waals surface area contributed by atoms with Crippen molar-refractivity contribution in [2.45, 2.75) is 51.9 Å². The van der Waals surface area contributed by atoms with E-state index in [-0.39, 0.29) is 5.56 Å². The monoisotopic (exact) mass is 272 g/mol. The summed E-state index contributed by atoms with van der Waals surface area (Å²) in [5.74, 6) is 0. The van der Waals surface area contributed by atoms with Crippen molar-refractivity contribution in [2.24, 2.45) is 7.05 Å². The molecule has 0 radical (unpaired) electrons. The van der Waals surface area contributed by atoms with E-state index in [9.17, 15) is 4.79 Å². The number of unbranched alkanes of at least 4 members (excludes halogenated alkanes) is 5. The molecule has 20 heavy (non-hydrogen) atoms. The Hall–Kier alpha value is -1.64. The summed E-state index contributed by atoms with van der Waals surface area (Å²) in [5, 5.41) is 0. The normalized spacial score (nSPS) is 11.1. The van der Waals surface area contributed by atoms with Crippen molar-refractivity contribution in [1.82, 2.24) is 9.55 Å². The van der Waals surface area contributed by atoms with Gasteiger partial charge in [0.05, 0.1) is 11.0 Å². The second kappa shape index (κ2) is 7.22. The Morgan fingerprint density at radius 1 is 1.05 bits per heavy atom. The average Bonchev–Trinajstić information content (AvgIpc) is 2.47. The van der Waals surface area contributed by atoms with Crippen molar-refractivity contribution >= 4 is 11.0 Å². The number of benzene rings is 1. The summed E-state index contributed by atoms with van der Waals surface area (Å²) in [4.78, 5) is 16.8. The molecule has 0 atom stereocenters. The van der Waals surface area contributed by atoms with E-state index in [1.165, 1.54) is 32.1 Å². The van der Waals surface area contributed by atoms with Crippen LogP contribution in [0.15, 0.2) is 29.1 Å². The molecule has 0 saturated heterocycles. The van der Waals surface area contributed by atoms with Crippen LogP contribution >= 0.6 is 0 Å². The van der Waals surface area contributed by atoms with Gasteiger partial charge in [0, 0.05) is 7.05 Å². The van der Waals surface area contributed by atoms with Crippen LogP contribution in [-0.2, 0) is 13.5 Å². The minimum atomic E-state index is 0.0530. The van der Waals surface area contributed by atoms with E-state index in [2.05, 4.69) is 11.9 Å². The number of nitrogens with zero attached hydrogens (tertiary/aromatic N) is 2. The van der Waals surface area contributed by atoms with E-state index in [1.807, 2.05) is 31.3 Å². The second-order valence-electron chi connectivity index (χ2n) is 5.43. The molecular formula is C17H24N2O. The smallest absolute Gasteiger partial charge is 0.272 e. The Bertz CT molecular complexity index is 616. The number of hydrogen-bond donors (Lipinski definition) is 0. The van der Waals surface area contributed by atoms with Crippen molar-refractivity contribution in [3.63, 3.8) is 0 Å². The van der Waals surface area contributed by atoms with E-state index in [1.54, 1.807) is 4.57 Å². The van der Waals surface area contributed by atoms with E-state index < -0.39 is 0 Å². The summed E-state index contributed by atoms with van der Waals surface area (Å²) in [6.45, 7) is 2.22. The van der Waals surface area contributed by atoms with E-state index in [0.29, 0.717) is 5.69 Å². The lowest BCUT2D eigenvalue weighted by Gasteiger charge is -2.07. The number of hydrogen-bond acceptors (Lipinski definition) is 2. The third-order valence-corrected chi connectivity index (χ3v) is 3.82. The highest BCUT2D eigenvalue weighted by atomic mass is 16.1. The summed E-state index contributed by atoms with van der Waals surface area (Å²) < 4.78 is 1.72. The summed E-state index contributed by atoms with van der Waals surface area (Å²) in [5.41, 5.74) is 2.58. The first-order valence-electron chi connectivity index (χ1n) is 7.68. The van der Waals surface area contributed by atoms with Crippen molar-refractivity contribution in [2.75, 3.05) is 0 Å². The standard InChI is InChI=1S/C17H24N2O/c1-3-4-5-6-7-8-12-15-17(20)19(2)16-13-10-9-11-14(16)18-15/h9-11,13H,3-8,12H2,1-2H3. The van der Waals surface area contributed by atoms with Gasteiger partial charge in [-0.15, -0.1) is 0 Å². The van der Waals surface area contributed by atoms with Crippen molar-refractivity contribution in [3.05, 3.63) is 40.3 Å². The molecule has 0 aliphatic carbocycles. The summed E-state index contributed by atoms with van der Waals surface area (Å²) in [6.07, 6.45) is 8.20. The van der Waals surface area contributed by atoms with Gasteiger partial charge in [0.2, 0.25) is 0 Å². The van der Waals surface area contributed by atoms with Gasteiger partial charge in [0.1, 0.15) is 5.69 Å². The van der Waals surface area contributed by atoms with Crippen LogP contribution in [-0.4, -0.2) is 9.55 Å². The number of aryl methyl sites for hydroxylation is 2. The largest absolute Gasteiger partial charge is 0.308 e. The Labute approximate surface area is 120 Å². The predicted octanol–water partition coefficient (Wildman–Crippen LogP) is 3.84. The molecule has 2 aromatic rings. The highest BCUT2D eigenvalue weighted by Crippen LogP contribution is 2.11. The van der Waals surface area contributed by atoms with E-state index in [0.717, 1.165) is 23.9 Å². The SMILES string of the molecule is CCCCCCCCc1nc2ccccc2n(C)c1=O. The van der Waals surface area contributed by atoms with Gasteiger partial charge in [-0.25, -0.2) is 4.98 Å². The molecule has 1 heterocycles. The molecule has 0 N–H and O–H groups in total. The molecule has 0 fully saturated rings. The van der Waals surface area contributed by atoms with Gasteiger partial charge in [0.15, 0.2) is 0 Å². The molecule has 2 rings (SSSR count). The predicted molar refractivity (Wildman–Crippen MR) is 84.1 cm³/mol. The quantitative estimate of drug-likeness (QED) is 0.718. The lowest BCUT2D eigenvalue weighted by atomic mass is 10.1. The molecule has 1 aromatic heterocycles. The first-order valence-corrected chi connectivity index (χ1v) is 7.68. The molecule has 0 aliphatic rings. The molecular weight excluding hydrogens is 248 g/mol. The van der Waals surface area contributed by atoms with Gasteiger partial charge in [-0.1, -0.05) is 51.2 Å². The molecule has 0 saturated carbocycles.